The molecular weight excluding hydrogens is 264 g/mol. The molecule has 0 saturated carbocycles. The molecule has 0 heterocycles. The summed E-state index contributed by atoms with van der Waals surface area (Å²) in [6, 6.07) is 7.23. The Balaban J connectivity index is 2.52. The molecule has 0 saturated heterocycles. The monoisotopic (exact) mass is 292 g/mol. The van der Waals surface area contributed by atoms with Crippen LogP contribution < -0.4 is 11.1 Å². The third kappa shape index (κ3) is 6.17. The Morgan fingerprint density at radius 1 is 1.29 bits per heavy atom. The van der Waals surface area contributed by atoms with Crippen LogP contribution in [0, 0.1) is 0 Å². The number of anilines is 1. The highest BCUT2D eigenvalue weighted by Gasteiger charge is 2.23. The van der Waals surface area contributed by atoms with Gasteiger partial charge in [-0.15, -0.1) is 0 Å². The second-order valence-corrected chi connectivity index (χ2v) is 6.12. The van der Waals surface area contributed by atoms with Crippen molar-refractivity contribution >= 4 is 11.7 Å². The minimum absolute atomic E-state index is 0.237. The van der Waals surface area contributed by atoms with Crippen molar-refractivity contribution in [3.8, 4) is 0 Å². The number of carbonyl (C=O) groups is 1. The molecule has 0 aliphatic rings. The Bertz CT molecular complexity index is 441. The molecule has 0 fully saturated rings. The van der Waals surface area contributed by atoms with Crippen LogP contribution in [0.2, 0.25) is 0 Å². The van der Waals surface area contributed by atoms with E-state index in [0.717, 1.165) is 19.3 Å². The van der Waals surface area contributed by atoms with E-state index in [4.69, 9.17) is 10.5 Å². The molecule has 118 valence electrons. The zero-order valence-electron chi connectivity index (χ0n) is 13.6. The predicted molar refractivity (Wildman–Crippen MR) is 87.3 cm³/mol. The maximum Gasteiger partial charge on any atom is 0.338 e. The SMILES string of the molecule is CCCC(CC)NC(C)(C)COC(=O)c1ccc(N)cc1. The van der Waals surface area contributed by atoms with Crippen molar-refractivity contribution in [2.24, 2.45) is 0 Å². The standard InChI is InChI=1S/C17H28N2O2/c1-5-7-15(6-2)19-17(3,4)12-21-16(20)13-8-10-14(18)11-9-13/h8-11,15,19H,5-7,12,18H2,1-4H3. The third-order valence-corrected chi connectivity index (χ3v) is 3.44. The number of esters is 1. The summed E-state index contributed by atoms with van der Waals surface area (Å²) in [7, 11) is 0. The number of hydrogen-bond donors (Lipinski definition) is 2. The second kappa shape index (κ2) is 8.03. The lowest BCUT2D eigenvalue weighted by Crippen LogP contribution is -2.49. The molecule has 0 amide bonds. The van der Waals surface area contributed by atoms with E-state index in [2.05, 4.69) is 33.0 Å². The van der Waals surface area contributed by atoms with Crippen LogP contribution in [0.4, 0.5) is 5.69 Å². The number of rotatable bonds is 8. The smallest absolute Gasteiger partial charge is 0.338 e. The molecule has 0 aliphatic carbocycles. The van der Waals surface area contributed by atoms with Gasteiger partial charge in [-0.1, -0.05) is 20.3 Å². The quantitative estimate of drug-likeness (QED) is 0.569. The summed E-state index contributed by atoms with van der Waals surface area (Å²) in [6.45, 7) is 8.81. The molecule has 0 aliphatic heterocycles. The average molecular weight is 292 g/mol. The van der Waals surface area contributed by atoms with E-state index in [-0.39, 0.29) is 11.5 Å². The largest absolute Gasteiger partial charge is 0.460 e. The summed E-state index contributed by atoms with van der Waals surface area (Å²) in [4.78, 5) is 12.0. The van der Waals surface area contributed by atoms with E-state index < -0.39 is 0 Å². The average Bonchev–Trinajstić information content (AvgIpc) is 2.45. The van der Waals surface area contributed by atoms with E-state index in [1.165, 1.54) is 0 Å². The molecule has 1 unspecified atom stereocenters. The van der Waals surface area contributed by atoms with E-state index in [1.807, 2.05) is 0 Å². The first-order valence-corrected chi connectivity index (χ1v) is 7.68. The van der Waals surface area contributed by atoms with E-state index in [9.17, 15) is 4.79 Å². The topological polar surface area (TPSA) is 64.3 Å². The van der Waals surface area contributed by atoms with Crippen LogP contribution in [0.3, 0.4) is 0 Å². The van der Waals surface area contributed by atoms with Gasteiger partial charge in [-0.05, 0) is 51.0 Å². The molecule has 1 atom stereocenters. The van der Waals surface area contributed by atoms with Crippen LogP contribution in [0.25, 0.3) is 0 Å². The Morgan fingerprint density at radius 3 is 2.43 bits per heavy atom. The van der Waals surface area contributed by atoms with Crippen molar-refractivity contribution in [1.82, 2.24) is 5.32 Å². The Hall–Kier alpha value is -1.55. The van der Waals surface area contributed by atoms with Gasteiger partial charge in [0.1, 0.15) is 6.61 Å². The van der Waals surface area contributed by atoms with Gasteiger partial charge < -0.3 is 15.8 Å². The first-order chi connectivity index (χ1) is 9.88. The van der Waals surface area contributed by atoms with Crippen LogP contribution >= 0.6 is 0 Å². The minimum Gasteiger partial charge on any atom is -0.460 e. The van der Waals surface area contributed by atoms with Gasteiger partial charge in [-0.2, -0.15) is 0 Å². The van der Waals surface area contributed by atoms with Gasteiger partial charge in [0.15, 0.2) is 0 Å². The van der Waals surface area contributed by atoms with E-state index in [1.54, 1.807) is 24.3 Å². The van der Waals surface area contributed by atoms with Gasteiger partial charge in [0.25, 0.3) is 0 Å². The van der Waals surface area contributed by atoms with Crippen molar-refractivity contribution in [3.63, 3.8) is 0 Å². The molecule has 0 radical (unpaired) electrons. The fraction of sp³-hybridized carbons (Fsp3) is 0.588. The normalized spacial score (nSPS) is 13.0. The highest BCUT2D eigenvalue weighted by molar-refractivity contribution is 5.89. The maximum absolute atomic E-state index is 12.0. The van der Waals surface area contributed by atoms with Crippen molar-refractivity contribution in [3.05, 3.63) is 29.8 Å². The molecule has 1 rings (SSSR count). The molecule has 1 aromatic carbocycles. The Morgan fingerprint density at radius 2 is 1.90 bits per heavy atom. The van der Waals surface area contributed by atoms with Crippen molar-refractivity contribution < 1.29 is 9.53 Å². The zero-order valence-corrected chi connectivity index (χ0v) is 13.6. The van der Waals surface area contributed by atoms with Crippen molar-refractivity contribution in [1.29, 1.82) is 0 Å². The van der Waals surface area contributed by atoms with Crippen LogP contribution in [-0.2, 0) is 4.74 Å². The van der Waals surface area contributed by atoms with E-state index in [0.29, 0.717) is 23.9 Å². The molecular formula is C17H28N2O2. The lowest BCUT2D eigenvalue weighted by Gasteiger charge is -2.31. The lowest BCUT2D eigenvalue weighted by atomic mass is 10.0. The first-order valence-electron chi connectivity index (χ1n) is 7.68. The number of carbonyl (C=O) groups excluding carboxylic acids is 1. The Labute approximate surface area is 128 Å². The highest BCUT2D eigenvalue weighted by Crippen LogP contribution is 2.12. The molecule has 1 aromatic rings. The first kappa shape index (κ1) is 17.5. The van der Waals surface area contributed by atoms with Gasteiger partial charge in [0.05, 0.1) is 5.56 Å². The van der Waals surface area contributed by atoms with Crippen LogP contribution in [0.5, 0.6) is 0 Å². The van der Waals surface area contributed by atoms with Crippen LogP contribution in [-0.4, -0.2) is 24.2 Å². The number of nitrogens with two attached hydrogens (primary N) is 1. The molecule has 4 nitrogen and oxygen atoms in total. The molecule has 3 N–H and O–H groups in total. The minimum atomic E-state index is -0.312. The predicted octanol–water partition coefficient (Wildman–Crippen LogP) is 3.37. The lowest BCUT2D eigenvalue weighted by molar-refractivity contribution is 0.0386. The summed E-state index contributed by atoms with van der Waals surface area (Å²) in [6.07, 6.45) is 3.35. The highest BCUT2D eigenvalue weighted by atomic mass is 16.5. The summed E-state index contributed by atoms with van der Waals surface area (Å²) in [5, 5.41) is 3.56. The Kier molecular flexibility index (Phi) is 6.69. The zero-order chi connectivity index (χ0) is 15.9. The second-order valence-electron chi connectivity index (χ2n) is 6.12. The number of nitrogen functional groups attached to an aromatic ring is 1. The van der Waals surface area contributed by atoms with E-state index >= 15 is 0 Å². The fourth-order valence-corrected chi connectivity index (χ4v) is 2.27. The number of benzene rings is 1. The van der Waals surface area contributed by atoms with Crippen LogP contribution in [0.15, 0.2) is 24.3 Å². The summed E-state index contributed by atoms with van der Waals surface area (Å²) in [5.41, 5.74) is 6.54. The van der Waals surface area contributed by atoms with Gasteiger partial charge >= 0.3 is 5.97 Å². The van der Waals surface area contributed by atoms with Crippen LogP contribution in [0.1, 0.15) is 57.3 Å². The van der Waals surface area contributed by atoms with Gasteiger partial charge in [0, 0.05) is 17.3 Å². The fourth-order valence-electron chi connectivity index (χ4n) is 2.27. The van der Waals surface area contributed by atoms with Gasteiger partial charge in [0.2, 0.25) is 0 Å². The molecule has 0 aromatic heterocycles. The number of hydrogen-bond acceptors (Lipinski definition) is 4. The van der Waals surface area contributed by atoms with Gasteiger partial charge in [-0.25, -0.2) is 4.79 Å². The van der Waals surface area contributed by atoms with Crippen molar-refractivity contribution in [2.75, 3.05) is 12.3 Å². The maximum atomic E-state index is 12.0. The summed E-state index contributed by atoms with van der Waals surface area (Å²) >= 11 is 0. The number of ether oxygens (including phenoxy) is 1. The number of nitrogens with one attached hydrogen (secondary N) is 1. The molecule has 0 bridgehead atoms. The molecule has 0 spiro atoms. The summed E-state index contributed by atoms with van der Waals surface area (Å²) in [5.74, 6) is -0.312. The third-order valence-electron chi connectivity index (χ3n) is 3.44. The van der Waals surface area contributed by atoms with Crippen molar-refractivity contribution in [2.45, 2.75) is 58.5 Å². The van der Waals surface area contributed by atoms with Gasteiger partial charge in [-0.3, -0.25) is 0 Å². The molecule has 4 heteroatoms. The molecule has 21 heavy (non-hydrogen) atoms. The summed E-state index contributed by atoms with van der Waals surface area (Å²) < 4.78 is 5.41.